The normalized spacial score (nSPS) is 17.3. The third-order valence-corrected chi connectivity index (χ3v) is 3.05. The van der Waals surface area contributed by atoms with Crippen LogP contribution in [0.15, 0.2) is 0 Å². The summed E-state index contributed by atoms with van der Waals surface area (Å²) in [6.07, 6.45) is 3.29. The van der Waals surface area contributed by atoms with Crippen LogP contribution in [0, 0.1) is 5.92 Å². The molecule has 0 N–H and O–H groups in total. The zero-order valence-electron chi connectivity index (χ0n) is 9.33. The molecule has 0 spiro atoms. The minimum atomic E-state index is -0.990. The van der Waals surface area contributed by atoms with Gasteiger partial charge in [0.15, 0.2) is 11.2 Å². The molecule has 1 saturated carbocycles. The molecule has 86 valence electrons. The fraction of sp³-hybridized carbons (Fsp3) is 0.818. The quantitative estimate of drug-likeness (QED) is 0.517. The van der Waals surface area contributed by atoms with Crippen molar-refractivity contribution in [3.8, 4) is 0 Å². The topological polar surface area (TPSA) is 37.4 Å². The molecule has 0 aromatic rings. The Balaban J connectivity index is 2.52. The predicted octanol–water partition coefficient (Wildman–Crippen LogP) is 1.83. The number of hydrogen-bond donors (Lipinski definition) is 0. The Labute approximate surface area is 95.8 Å². The molecule has 3 nitrogen and oxygen atoms in total. The number of hydrogen-bond acceptors (Lipinski definition) is 2. The number of amides is 1. The Kier molecular flexibility index (Phi) is 4.58. The number of carbonyl (C=O) groups excluding carboxylic acids is 2. The van der Waals surface area contributed by atoms with Gasteiger partial charge in [-0.05, 0) is 32.1 Å². The molecule has 1 amide bonds. The van der Waals surface area contributed by atoms with Gasteiger partial charge in [0.05, 0.1) is 0 Å². The van der Waals surface area contributed by atoms with Gasteiger partial charge in [-0.25, -0.2) is 0 Å². The first-order valence-corrected chi connectivity index (χ1v) is 5.93. The minimum absolute atomic E-state index is 0.224. The molecule has 0 aromatic carbocycles. The Hall–Kier alpha value is -0.570. The molecule has 1 aliphatic carbocycles. The SMILES string of the molecule is CCCN(CC1CC1)C(=O)C(Cl)C(C)=O. The number of alkyl halides is 1. The molecule has 1 fully saturated rings. The highest BCUT2D eigenvalue weighted by atomic mass is 35.5. The number of carbonyl (C=O) groups is 2. The van der Waals surface area contributed by atoms with E-state index in [4.69, 9.17) is 11.6 Å². The van der Waals surface area contributed by atoms with Crippen LogP contribution >= 0.6 is 11.6 Å². The van der Waals surface area contributed by atoms with Crippen LogP contribution in [0.25, 0.3) is 0 Å². The van der Waals surface area contributed by atoms with Gasteiger partial charge in [0.25, 0.3) is 0 Å². The van der Waals surface area contributed by atoms with E-state index < -0.39 is 5.38 Å². The number of ketones is 1. The third-order valence-electron chi connectivity index (χ3n) is 2.55. The van der Waals surface area contributed by atoms with Crippen molar-refractivity contribution in [2.24, 2.45) is 5.92 Å². The molecule has 1 atom stereocenters. The van der Waals surface area contributed by atoms with Crippen molar-refractivity contribution in [2.45, 2.75) is 38.5 Å². The van der Waals surface area contributed by atoms with E-state index in [1.165, 1.54) is 19.8 Å². The molecule has 4 heteroatoms. The van der Waals surface area contributed by atoms with Crippen LogP contribution in [-0.4, -0.2) is 35.1 Å². The van der Waals surface area contributed by atoms with Crippen molar-refractivity contribution >= 4 is 23.3 Å². The first-order valence-electron chi connectivity index (χ1n) is 5.49. The van der Waals surface area contributed by atoms with E-state index in [-0.39, 0.29) is 11.7 Å². The van der Waals surface area contributed by atoms with Crippen molar-refractivity contribution in [3.63, 3.8) is 0 Å². The Bertz CT molecular complexity index is 251. The van der Waals surface area contributed by atoms with Gasteiger partial charge >= 0.3 is 0 Å². The van der Waals surface area contributed by atoms with E-state index in [1.54, 1.807) is 4.90 Å². The van der Waals surface area contributed by atoms with Crippen LogP contribution in [0.3, 0.4) is 0 Å². The van der Waals surface area contributed by atoms with Crippen LogP contribution in [0.4, 0.5) is 0 Å². The van der Waals surface area contributed by atoms with Crippen molar-refractivity contribution < 1.29 is 9.59 Å². The summed E-state index contributed by atoms with van der Waals surface area (Å²) in [6, 6.07) is 0. The van der Waals surface area contributed by atoms with Gasteiger partial charge in [-0.3, -0.25) is 9.59 Å². The van der Waals surface area contributed by atoms with E-state index in [2.05, 4.69) is 0 Å². The van der Waals surface area contributed by atoms with Gasteiger partial charge in [0.1, 0.15) is 0 Å². The maximum Gasteiger partial charge on any atom is 0.248 e. The highest BCUT2D eigenvalue weighted by molar-refractivity contribution is 6.41. The maximum atomic E-state index is 11.8. The molecule has 15 heavy (non-hydrogen) atoms. The van der Waals surface area contributed by atoms with E-state index >= 15 is 0 Å². The third kappa shape index (κ3) is 3.82. The number of halogens is 1. The summed E-state index contributed by atoms with van der Waals surface area (Å²) in [6.45, 7) is 4.84. The fourth-order valence-electron chi connectivity index (χ4n) is 1.51. The van der Waals surface area contributed by atoms with E-state index in [9.17, 15) is 9.59 Å². The lowest BCUT2D eigenvalue weighted by Gasteiger charge is -2.23. The second kappa shape index (κ2) is 5.50. The first-order chi connectivity index (χ1) is 7.06. The van der Waals surface area contributed by atoms with Gasteiger partial charge in [-0.15, -0.1) is 11.6 Å². The monoisotopic (exact) mass is 231 g/mol. The van der Waals surface area contributed by atoms with Crippen molar-refractivity contribution in [1.82, 2.24) is 4.90 Å². The van der Waals surface area contributed by atoms with Gasteiger partial charge < -0.3 is 4.90 Å². The molecule has 0 radical (unpaired) electrons. The molecule has 0 aromatic heterocycles. The summed E-state index contributed by atoms with van der Waals surface area (Å²) in [7, 11) is 0. The Morgan fingerprint density at radius 1 is 1.47 bits per heavy atom. The number of nitrogens with zero attached hydrogens (tertiary/aromatic N) is 1. The predicted molar refractivity (Wildman–Crippen MR) is 59.9 cm³/mol. The average Bonchev–Trinajstić information content (AvgIpc) is 2.98. The molecule has 0 aliphatic heterocycles. The van der Waals surface area contributed by atoms with Crippen LogP contribution in [-0.2, 0) is 9.59 Å². The summed E-state index contributed by atoms with van der Waals surface area (Å²) in [5.41, 5.74) is 0. The second-order valence-corrected chi connectivity index (χ2v) is 4.64. The van der Waals surface area contributed by atoms with E-state index in [0.717, 1.165) is 13.0 Å². The first kappa shape index (κ1) is 12.5. The fourth-order valence-corrected chi connectivity index (χ4v) is 1.65. The highest BCUT2D eigenvalue weighted by Gasteiger charge is 2.30. The zero-order chi connectivity index (χ0) is 11.4. The minimum Gasteiger partial charge on any atom is -0.341 e. The highest BCUT2D eigenvalue weighted by Crippen LogP contribution is 2.30. The molecule has 1 unspecified atom stereocenters. The van der Waals surface area contributed by atoms with Gasteiger partial charge in [0, 0.05) is 13.1 Å². The van der Waals surface area contributed by atoms with E-state index in [1.807, 2.05) is 6.92 Å². The van der Waals surface area contributed by atoms with Crippen LogP contribution in [0.2, 0.25) is 0 Å². The van der Waals surface area contributed by atoms with E-state index in [0.29, 0.717) is 12.5 Å². The van der Waals surface area contributed by atoms with Gasteiger partial charge in [-0.2, -0.15) is 0 Å². The zero-order valence-corrected chi connectivity index (χ0v) is 10.1. The Morgan fingerprint density at radius 2 is 2.07 bits per heavy atom. The summed E-state index contributed by atoms with van der Waals surface area (Å²) in [5, 5.41) is -0.990. The largest absolute Gasteiger partial charge is 0.341 e. The molecular formula is C11H18ClNO2. The number of rotatable bonds is 6. The van der Waals surface area contributed by atoms with Gasteiger partial charge in [0.2, 0.25) is 5.91 Å². The van der Waals surface area contributed by atoms with Crippen LogP contribution in [0.5, 0.6) is 0 Å². The molecule has 0 saturated heterocycles. The lowest BCUT2D eigenvalue weighted by Crippen LogP contribution is -2.41. The number of Topliss-reactive ketones (excluding diaryl/α,β-unsaturated/α-hetero) is 1. The maximum absolute atomic E-state index is 11.8. The molecule has 0 heterocycles. The van der Waals surface area contributed by atoms with Crippen molar-refractivity contribution in [3.05, 3.63) is 0 Å². The second-order valence-electron chi connectivity index (χ2n) is 4.20. The lowest BCUT2D eigenvalue weighted by atomic mass is 10.2. The molecule has 1 aliphatic rings. The summed E-state index contributed by atoms with van der Waals surface area (Å²) in [5.74, 6) is 0.146. The molecule has 0 bridgehead atoms. The van der Waals surface area contributed by atoms with Crippen molar-refractivity contribution in [1.29, 1.82) is 0 Å². The summed E-state index contributed by atoms with van der Waals surface area (Å²) in [4.78, 5) is 24.6. The van der Waals surface area contributed by atoms with Crippen LogP contribution in [0.1, 0.15) is 33.1 Å². The summed E-state index contributed by atoms with van der Waals surface area (Å²) >= 11 is 5.76. The Morgan fingerprint density at radius 3 is 2.47 bits per heavy atom. The average molecular weight is 232 g/mol. The molecule has 1 rings (SSSR count). The molecular weight excluding hydrogens is 214 g/mol. The smallest absolute Gasteiger partial charge is 0.248 e. The lowest BCUT2D eigenvalue weighted by molar-refractivity contribution is -0.134. The standard InChI is InChI=1S/C11H18ClNO2/c1-3-6-13(7-9-4-5-9)11(15)10(12)8(2)14/h9-10H,3-7H2,1-2H3. The van der Waals surface area contributed by atoms with Crippen molar-refractivity contribution in [2.75, 3.05) is 13.1 Å². The van der Waals surface area contributed by atoms with Gasteiger partial charge in [-0.1, -0.05) is 6.92 Å². The summed E-state index contributed by atoms with van der Waals surface area (Å²) < 4.78 is 0. The van der Waals surface area contributed by atoms with Crippen LogP contribution < -0.4 is 0 Å².